The number of rotatable bonds is 1. The average molecular weight is 252 g/mol. The summed E-state index contributed by atoms with van der Waals surface area (Å²) >= 11 is 0. The molecule has 1 unspecified atom stereocenters. The van der Waals surface area contributed by atoms with Crippen LogP contribution in [0.5, 0.6) is 0 Å². The molecule has 6 nitrogen and oxygen atoms in total. The van der Waals surface area contributed by atoms with Crippen molar-refractivity contribution >= 4 is 21.2 Å². The second-order valence-electron chi connectivity index (χ2n) is 4.25. The molecule has 2 aromatic rings. The van der Waals surface area contributed by atoms with E-state index in [1.54, 1.807) is 22.7 Å². The van der Waals surface area contributed by atoms with Crippen molar-refractivity contribution in [1.82, 2.24) is 14.6 Å². The zero-order valence-electron chi connectivity index (χ0n) is 9.07. The third-order valence-electron chi connectivity index (χ3n) is 3.07. The van der Waals surface area contributed by atoms with Crippen LogP contribution in [0.15, 0.2) is 18.3 Å². The molecule has 0 spiro atoms. The van der Waals surface area contributed by atoms with Crippen molar-refractivity contribution < 1.29 is 8.42 Å². The molecule has 3 heterocycles. The lowest BCUT2D eigenvalue weighted by Gasteiger charge is -2.07. The molecule has 17 heavy (non-hydrogen) atoms. The predicted octanol–water partition coefficient (Wildman–Crippen LogP) is 0.561. The normalized spacial score (nSPS) is 23.2. The van der Waals surface area contributed by atoms with Crippen molar-refractivity contribution in [1.29, 1.82) is 0 Å². The van der Waals surface area contributed by atoms with Crippen LogP contribution in [0.25, 0.3) is 5.65 Å². The van der Waals surface area contributed by atoms with Crippen molar-refractivity contribution in [3.05, 3.63) is 24.2 Å². The van der Waals surface area contributed by atoms with Crippen LogP contribution in [0.4, 0.5) is 5.69 Å². The molecule has 0 aliphatic carbocycles. The van der Waals surface area contributed by atoms with Crippen LogP contribution < -0.4 is 5.73 Å². The number of nitrogens with zero attached hydrogens (tertiary/aromatic N) is 3. The lowest BCUT2D eigenvalue weighted by atomic mass is 10.2. The molecule has 0 aromatic carbocycles. The molecule has 0 bridgehead atoms. The second kappa shape index (κ2) is 3.43. The van der Waals surface area contributed by atoms with Gasteiger partial charge < -0.3 is 5.73 Å². The highest BCUT2D eigenvalue weighted by molar-refractivity contribution is 7.91. The van der Waals surface area contributed by atoms with E-state index in [2.05, 4.69) is 10.2 Å². The van der Waals surface area contributed by atoms with Gasteiger partial charge in [-0.25, -0.2) is 8.42 Å². The van der Waals surface area contributed by atoms with E-state index < -0.39 is 15.1 Å². The van der Waals surface area contributed by atoms with E-state index in [-0.39, 0.29) is 5.75 Å². The van der Waals surface area contributed by atoms with Gasteiger partial charge in [-0.05, 0) is 25.0 Å². The largest absolute Gasteiger partial charge is 0.398 e. The first-order chi connectivity index (χ1) is 8.08. The van der Waals surface area contributed by atoms with Crippen molar-refractivity contribution in [2.75, 3.05) is 11.5 Å². The van der Waals surface area contributed by atoms with Gasteiger partial charge in [0.15, 0.2) is 21.3 Å². The Morgan fingerprint density at radius 2 is 2.18 bits per heavy atom. The number of hydrogen-bond acceptors (Lipinski definition) is 5. The summed E-state index contributed by atoms with van der Waals surface area (Å²) in [5, 5.41) is 7.41. The van der Waals surface area contributed by atoms with Crippen LogP contribution in [0.1, 0.15) is 23.9 Å². The van der Waals surface area contributed by atoms with E-state index in [1.807, 2.05) is 0 Å². The van der Waals surface area contributed by atoms with E-state index in [0.29, 0.717) is 30.0 Å². The lowest BCUT2D eigenvalue weighted by Crippen LogP contribution is -2.11. The maximum Gasteiger partial charge on any atom is 0.160 e. The smallest absolute Gasteiger partial charge is 0.160 e. The quantitative estimate of drug-likeness (QED) is 0.801. The van der Waals surface area contributed by atoms with E-state index in [9.17, 15) is 8.42 Å². The van der Waals surface area contributed by atoms with Crippen molar-refractivity contribution in [2.45, 2.75) is 18.1 Å². The summed E-state index contributed by atoms with van der Waals surface area (Å²) in [7, 11) is -3.08. The molecule has 1 fully saturated rings. The molecule has 7 heteroatoms. The summed E-state index contributed by atoms with van der Waals surface area (Å²) in [5.74, 6) is 0.708. The highest BCUT2D eigenvalue weighted by atomic mass is 32.2. The van der Waals surface area contributed by atoms with Crippen molar-refractivity contribution in [3.8, 4) is 0 Å². The maximum absolute atomic E-state index is 11.9. The molecular weight excluding hydrogens is 240 g/mol. The van der Waals surface area contributed by atoms with Crippen molar-refractivity contribution in [3.63, 3.8) is 0 Å². The third kappa shape index (κ3) is 1.57. The lowest BCUT2D eigenvalue weighted by molar-refractivity contribution is 0.588. The van der Waals surface area contributed by atoms with Crippen LogP contribution >= 0.6 is 0 Å². The first-order valence-corrected chi connectivity index (χ1v) is 7.11. The summed E-state index contributed by atoms with van der Waals surface area (Å²) in [6.45, 7) is 0. The van der Waals surface area contributed by atoms with Crippen LogP contribution in [0.3, 0.4) is 0 Å². The number of aromatic nitrogens is 3. The fourth-order valence-electron chi connectivity index (χ4n) is 2.23. The Balaban J connectivity index is 2.21. The Bertz CT molecular complexity index is 677. The van der Waals surface area contributed by atoms with Crippen LogP contribution in [0, 0.1) is 0 Å². The topological polar surface area (TPSA) is 90.3 Å². The summed E-state index contributed by atoms with van der Waals surface area (Å²) in [4.78, 5) is 0. The molecule has 90 valence electrons. The van der Waals surface area contributed by atoms with Gasteiger partial charge in [-0.2, -0.15) is 0 Å². The Labute approximate surface area is 98.4 Å². The van der Waals surface area contributed by atoms with E-state index in [1.165, 1.54) is 0 Å². The monoisotopic (exact) mass is 252 g/mol. The molecule has 0 saturated carbocycles. The maximum atomic E-state index is 11.9. The average Bonchev–Trinajstić information content (AvgIpc) is 2.80. The minimum absolute atomic E-state index is 0.231. The molecule has 1 atom stereocenters. The SMILES string of the molecule is Nc1ccc2nnc(C3CCCS3(=O)=O)n2c1. The molecule has 1 aliphatic rings. The number of hydrogen-bond donors (Lipinski definition) is 1. The number of sulfone groups is 1. The first kappa shape index (κ1) is 10.5. The Hall–Kier alpha value is -1.63. The Morgan fingerprint density at radius 3 is 2.88 bits per heavy atom. The van der Waals surface area contributed by atoms with Crippen LogP contribution in [-0.4, -0.2) is 28.8 Å². The molecule has 2 N–H and O–H groups in total. The zero-order chi connectivity index (χ0) is 12.0. The second-order valence-corrected chi connectivity index (χ2v) is 6.55. The van der Waals surface area contributed by atoms with Crippen LogP contribution in [0.2, 0.25) is 0 Å². The van der Waals surface area contributed by atoms with Crippen molar-refractivity contribution in [2.24, 2.45) is 0 Å². The molecule has 3 rings (SSSR count). The minimum atomic E-state index is -3.08. The highest BCUT2D eigenvalue weighted by Gasteiger charge is 2.36. The Kier molecular flexibility index (Phi) is 2.12. The third-order valence-corrected chi connectivity index (χ3v) is 5.24. The summed E-state index contributed by atoms with van der Waals surface area (Å²) in [5.41, 5.74) is 6.88. The van der Waals surface area contributed by atoms with Gasteiger partial charge in [0, 0.05) is 11.9 Å². The molecule has 2 aromatic heterocycles. The first-order valence-electron chi connectivity index (χ1n) is 5.40. The molecule has 0 radical (unpaired) electrons. The van der Waals surface area contributed by atoms with E-state index in [4.69, 9.17) is 5.73 Å². The van der Waals surface area contributed by atoms with Gasteiger partial charge in [-0.3, -0.25) is 4.40 Å². The fraction of sp³-hybridized carbons (Fsp3) is 0.400. The van der Waals surface area contributed by atoms with Gasteiger partial charge in [-0.1, -0.05) is 0 Å². The number of pyridine rings is 1. The number of fused-ring (bicyclic) bond motifs is 1. The number of nitrogens with two attached hydrogens (primary N) is 1. The van der Waals surface area contributed by atoms with Gasteiger partial charge in [0.2, 0.25) is 0 Å². The number of nitrogen functional groups attached to an aromatic ring is 1. The fourth-order valence-corrected chi connectivity index (χ4v) is 4.09. The number of anilines is 1. The summed E-state index contributed by atoms with van der Waals surface area (Å²) in [6.07, 6.45) is 2.96. The molecule has 0 amide bonds. The molecule has 1 aliphatic heterocycles. The molecular formula is C10H12N4O2S. The molecule has 1 saturated heterocycles. The summed E-state index contributed by atoms with van der Waals surface area (Å²) < 4.78 is 25.4. The standard InChI is InChI=1S/C10H12N4O2S/c11-7-3-4-9-12-13-10(14(9)6-7)8-2-1-5-17(8,15)16/h3-4,6,8H,1-2,5,11H2. The van der Waals surface area contributed by atoms with Gasteiger partial charge in [-0.15, -0.1) is 10.2 Å². The van der Waals surface area contributed by atoms with Gasteiger partial charge in [0.05, 0.1) is 5.75 Å². The minimum Gasteiger partial charge on any atom is -0.398 e. The Morgan fingerprint density at radius 1 is 1.35 bits per heavy atom. The van der Waals surface area contributed by atoms with Gasteiger partial charge in [0.25, 0.3) is 0 Å². The predicted molar refractivity (Wildman–Crippen MR) is 63.2 cm³/mol. The van der Waals surface area contributed by atoms with E-state index >= 15 is 0 Å². The van der Waals surface area contributed by atoms with Crippen LogP contribution in [-0.2, 0) is 9.84 Å². The zero-order valence-corrected chi connectivity index (χ0v) is 9.89. The van der Waals surface area contributed by atoms with Gasteiger partial charge >= 0.3 is 0 Å². The summed E-state index contributed by atoms with van der Waals surface area (Å²) in [6, 6.07) is 3.45. The highest BCUT2D eigenvalue weighted by Crippen LogP contribution is 2.33. The van der Waals surface area contributed by atoms with Gasteiger partial charge in [0.1, 0.15) is 5.25 Å². The van der Waals surface area contributed by atoms with E-state index in [0.717, 1.165) is 0 Å².